The monoisotopic (exact) mass is 238 g/mol. The van der Waals surface area contributed by atoms with Crippen molar-refractivity contribution in [2.24, 2.45) is 0 Å². The van der Waals surface area contributed by atoms with Gasteiger partial charge in [0.15, 0.2) is 0 Å². The first-order chi connectivity index (χ1) is 8.18. The highest BCUT2D eigenvalue weighted by molar-refractivity contribution is 5.93. The molecule has 1 atom stereocenters. The van der Waals surface area contributed by atoms with Crippen LogP contribution < -0.4 is 5.32 Å². The Balaban J connectivity index is 1.86. The summed E-state index contributed by atoms with van der Waals surface area (Å²) in [6.07, 6.45) is 3.68. The molecule has 1 N–H and O–H groups in total. The molecule has 2 heterocycles. The van der Waals surface area contributed by atoms with E-state index in [4.69, 9.17) is 4.74 Å². The lowest BCUT2D eigenvalue weighted by atomic mass is 10.0. The van der Waals surface area contributed by atoms with Gasteiger partial charge in [-0.2, -0.15) is 0 Å². The molecule has 2 aliphatic heterocycles. The fourth-order valence-corrected chi connectivity index (χ4v) is 2.29. The third-order valence-electron chi connectivity index (χ3n) is 3.63. The van der Waals surface area contributed by atoms with Crippen LogP contribution in [0.4, 0.5) is 0 Å². The molecule has 0 aromatic rings. The second-order valence-corrected chi connectivity index (χ2v) is 5.01. The van der Waals surface area contributed by atoms with Gasteiger partial charge in [0.1, 0.15) is 0 Å². The minimum Gasteiger partial charge on any atom is -0.376 e. The first-order valence-electron chi connectivity index (χ1n) is 6.45. The Morgan fingerprint density at radius 1 is 1.47 bits per heavy atom. The maximum Gasteiger partial charge on any atom is 0.249 e. The van der Waals surface area contributed by atoms with Gasteiger partial charge in [-0.05, 0) is 31.8 Å². The molecule has 0 aromatic carbocycles. The number of amides is 1. The highest BCUT2D eigenvalue weighted by Gasteiger charge is 2.22. The van der Waals surface area contributed by atoms with Gasteiger partial charge in [0.25, 0.3) is 0 Å². The molecule has 2 rings (SSSR count). The number of hydrogen-bond donors (Lipinski definition) is 1. The Morgan fingerprint density at radius 2 is 2.24 bits per heavy atom. The molecule has 1 amide bonds. The van der Waals surface area contributed by atoms with Crippen LogP contribution in [0.3, 0.4) is 0 Å². The quantitative estimate of drug-likeness (QED) is 0.744. The Hall–Kier alpha value is -0.870. The van der Waals surface area contributed by atoms with E-state index in [-0.39, 0.29) is 12.0 Å². The zero-order valence-electron chi connectivity index (χ0n) is 10.8. The van der Waals surface area contributed by atoms with E-state index in [1.807, 2.05) is 14.0 Å². The van der Waals surface area contributed by atoms with Crippen molar-refractivity contribution in [1.82, 2.24) is 10.2 Å². The molecule has 2 fully saturated rings. The molecule has 0 spiro atoms. The standard InChI is InChI=1S/C13H22N2O2/c1-10(11-7-14-8-11)13(16)15(2)9-12-5-3-4-6-17-12/h12,14H,3-9H2,1-2H3. The van der Waals surface area contributed by atoms with Crippen molar-refractivity contribution in [3.8, 4) is 0 Å². The summed E-state index contributed by atoms with van der Waals surface area (Å²) in [4.78, 5) is 13.9. The predicted molar refractivity (Wildman–Crippen MR) is 66.8 cm³/mol. The normalized spacial score (nSPS) is 24.1. The zero-order valence-corrected chi connectivity index (χ0v) is 10.8. The summed E-state index contributed by atoms with van der Waals surface area (Å²) in [7, 11) is 1.87. The van der Waals surface area contributed by atoms with Gasteiger partial charge >= 0.3 is 0 Å². The highest BCUT2D eigenvalue weighted by atomic mass is 16.5. The van der Waals surface area contributed by atoms with E-state index < -0.39 is 0 Å². The van der Waals surface area contributed by atoms with Crippen LogP contribution >= 0.6 is 0 Å². The number of nitrogens with zero attached hydrogens (tertiary/aromatic N) is 1. The fraction of sp³-hybridized carbons (Fsp3) is 0.769. The van der Waals surface area contributed by atoms with Gasteiger partial charge in [-0.25, -0.2) is 0 Å². The van der Waals surface area contributed by atoms with Crippen molar-refractivity contribution >= 4 is 5.91 Å². The number of carbonyl (C=O) groups excluding carboxylic acids is 1. The van der Waals surface area contributed by atoms with Crippen LogP contribution in [0.15, 0.2) is 11.1 Å². The minimum absolute atomic E-state index is 0.149. The second-order valence-electron chi connectivity index (χ2n) is 5.01. The lowest BCUT2D eigenvalue weighted by Gasteiger charge is -2.29. The average Bonchev–Trinajstić information content (AvgIpc) is 2.27. The van der Waals surface area contributed by atoms with Crippen LogP contribution in [0.2, 0.25) is 0 Å². The summed E-state index contributed by atoms with van der Waals surface area (Å²) in [5.41, 5.74) is 2.15. The highest BCUT2D eigenvalue weighted by Crippen LogP contribution is 2.16. The van der Waals surface area contributed by atoms with Crippen LogP contribution in [-0.4, -0.2) is 50.2 Å². The van der Waals surface area contributed by atoms with Crippen LogP contribution in [0.25, 0.3) is 0 Å². The molecule has 2 aliphatic rings. The number of ether oxygens (including phenoxy) is 1. The maximum atomic E-state index is 12.1. The van der Waals surface area contributed by atoms with E-state index in [0.29, 0.717) is 0 Å². The molecule has 0 bridgehead atoms. The largest absolute Gasteiger partial charge is 0.376 e. The lowest BCUT2D eigenvalue weighted by Crippen LogP contribution is -2.41. The molecular formula is C13H22N2O2. The number of carbonyl (C=O) groups is 1. The molecule has 0 aromatic heterocycles. The zero-order chi connectivity index (χ0) is 12.3. The van der Waals surface area contributed by atoms with E-state index in [2.05, 4.69) is 5.32 Å². The van der Waals surface area contributed by atoms with Gasteiger partial charge in [-0.1, -0.05) is 0 Å². The Morgan fingerprint density at radius 3 is 2.76 bits per heavy atom. The van der Waals surface area contributed by atoms with Crippen molar-refractivity contribution in [3.05, 3.63) is 11.1 Å². The van der Waals surface area contributed by atoms with Crippen molar-refractivity contribution in [2.45, 2.75) is 32.3 Å². The van der Waals surface area contributed by atoms with E-state index >= 15 is 0 Å². The van der Waals surface area contributed by atoms with Gasteiger partial charge in [-0.3, -0.25) is 4.79 Å². The first kappa shape index (κ1) is 12.6. The summed E-state index contributed by atoms with van der Waals surface area (Å²) in [5.74, 6) is 0.149. The van der Waals surface area contributed by atoms with Gasteiger partial charge in [-0.15, -0.1) is 0 Å². The number of likely N-dealkylation sites (N-methyl/N-ethyl adjacent to an activating group) is 1. The summed E-state index contributed by atoms with van der Waals surface area (Å²) in [6, 6.07) is 0. The molecule has 96 valence electrons. The predicted octanol–water partition coefficient (Wildman–Crippen LogP) is 0.934. The van der Waals surface area contributed by atoms with Crippen molar-refractivity contribution in [2.75, 3.05) is 33.3 Å². The third-order valence-corrected chi connectivity index (χ3v) is 3.63. The molecule has 0 aliphatic carbocycles. The summed E-state index contributed by atoms with van der Waals surface area (Å²) < 4.78 is 5.66. The Labute approximate surface area is 103 Å². The summed E-state index contributed by atoms with van der Waals surface area (Å²) in [6.45, 7) is 5.22. The van der Waals surface area contributed by atoms with Crippen LogP contribution in [0.1, 0.15) is 26.2 Å². The third kappa shape index (κ3) is 3.07. The van der Waals surface area contributed by atoms with Gasteiger partial charge < -0.3 is 15.0 Å². The molecule has 4 heteroatoms. The van der Waals surface area contributed by atoms with Gasteiger partial charge in [0.05, 0.1) is 6.10 Å². The van der Waals surface area contributed by atoms with Crippen LogP contribution in [0, 0.1) is 0 Å². The van der Waals surface area contributed by atoms with E-state index in [0.717, 1.165) is 44.7 Å². The van der Waals surface area contributed by atoms with Gasteiger partial charge in [0, 0.05) is 38.9 Å². The Kier molecular flexibility index (Phi) is 4.18. The molecule has 17 heavy (non-hydrogen) atoms. The molecule has 0 saturated carbocycles. The SMILES string of the molecule is CC(C(=O)N(C)CC1CCCCO1)=C1CNC1. The number of nitrogens with one attached hydrogen (secondary N) is 1. The molecule has 1 unspecified atom stereocenters. The smallest absolute Gasteiger partial charge is 0.249 e. The van der Waals surface area contributed by atoms with E-state index in [1.165, 1.54) is 12.0 Å². The second kappa shape index (κ2) is 5.65. The summed E-state index contributed by atoms with van der Waals surface area (Å²) in [5, 5.41) is 3.16. The molecule has 4 nitrogen and oxygen atoms in total. The lowest BCUT2D eigenvalue weighted by molar-refractivity contribution is -0.128. The number of rotatable bonds is 3. The maximum absolute atomic E-state index is 12.1. The first-order valence-corrected chi connectivity index (χ1v) is 6.45. The number of hydrogen-bond acceptors (Lipinski definition) is 3. The molecule has 0 radical (unpaired) electrons. The average molecular weight is 238 g/mol. The van der Waals surface area contributed by atoms with Crippen molar-refractivity contribution < 1.29 is 9.53 Å². The minimum atomic E-state index is 0.149. The van der Waals surface area contributed by atoms with Crippen molar-refractivity contribution in [3.63, 3.8) is 0 Å². The molecule has 2 saturated heterocycles. The molecular weight excluding hydrogens is 216 g/mol. The van der Waals surface area contributed by atoms with Crippen LogP contribution in [0.5, 0.6) is 0 Å². The van der Waals surface area contributed by atoms with E-state index in [9.17, 15) is 4.79 Å². The fourth-order valence-electron chi connectivity index (χ4n) is 2.29. The topological polar surface area (TPSA) is 41.6 Å². The van der Waals surface area contributed by atoms with Crippen LogP contribution in [-0.2, 0) is 9.53 Å². The van der Waals surface area contributed by atoms with Gasteiger partial charge in [0.2, 0.25) is 5.91 Å². The van der Waals surface area contributed by atoms with E-state index in [1.54, 1.807) is 4.90 Å². The Bertz CT molecular complexity index is 313. The summed E-state index contributed by atoms with van der Waals surface area (Å²) >= 11 is 0. The van der Waals surface area contributed by atoms with Crippen molar-refractivity contribution in [1.29, 1.82) is 0 Å².